The summed E-state index contributed by atoms with van der Waals surface area (Å²) in [6, 6.07) is 4.88. The molecule has 1 amide bonds. The Morgan fingerprint density at radius 1 is 1.67 bits per heavy atom. The Kier molecular flexibility index (Phi) is 3.68. The molecule has 1 rings (SSSR count). The molecule has 0 bridgehead atoms. The molecule has 0 spiro atoms. The number of carbonyl (C=O) groups is 1. The third-order valence-corrected chi connectivity index (χ3v) is 1.74. The second kappa shape index (κ2) is 4.99. The van der Waals surface area contributed by atoms with Gasteiger partial charge in [-0.05, 0) is 25.1 Å². The molecule has 0 fully saturated rings. The first-order valence-electron chi connectivity index (χ1n) is 4.51. The van der Waals surface area contributed by atoms with Crippen LogP contribution < -0.4 is 11.1 Å². The van der Waals surface area contributed by atoms with E-state index >= 15 is 0 Å². The molecule has 0 heterocycles. The van der Waals surface area contributed by atoms with Crippen LogP contribution in [-0.2, 0) is 4.74 Å². The van der Waals surface area contributed by atoms with Crippen LogP contribution in [0.15, 0.2) is 18.2 Å². The van der Waals surface area contributed by atoms with Gasteiger partial charge in [-0.25, -0.2) is 4.79 Å². The topological polar surface area (TPSA) is 88.2 Å². The summed E-state index contributed by atoms with van der Waals surface area (Å²) < 4.78 is 4.72. The highest BCUT2D eigenvalue weighted by Crippen LogP contribution is 2.17. The molecule has 0 saturated carbocycles. The summed E-state index contributed by atoms with van der Waals surface area (Å²) in [5, 5.41) is 9.68. The van der Waals surface area contributed by atoms with Crippen molar-refractivity contribution in [2.45, 2.75) is 6.92 Å². The Hall–Kier alpha value is -2.04. The van der Waals surface area contributed by atoms with Crippen molar-refractivity contribution < 1.29 is 9.53 Å². The van der Waals surface area contributed by atoms with E-state index in [1.165, 1.54) is 0 Å². The summed E-state index contributed by atoms with van der Waals surface area (Å²) >= 11 is 0. The number of nitrogens with one attached hydrogen (secondary N) is 2. The summed E-state index contributed by atoms with van der Waals surface area (Å²) in [6.45, 7) is 2.03. The van der Waals surface area contributed by atoms with Crippen LogP contribution in [0.5, 0.6) is 0 Å². The van der Waals surface area contributed by atoms with Gasteiger partial charge < -0.3 is 15.9 Å². The van der Waals surface area contributed by atoms with Gasteiger partial charge in [0.15, 0.2) is 0 Å². The molecular formula is C10H13N3O2. The van der Waals surface area contributed by atoms with Crippen molar-refractivity contribution in [3.63, 3.8) is 0 Å². The molecule has 0 atom stereocenters. The molecule has 0 saturated heterocycles. The Bertz CT molecular complexity index is 377. The van der Waals surface area contributed by atoms with Crippen molar-refractivity contribution in [2.24, 2.45) is 0 Å². The lowest BCUT2D eigenvalue weighted by Crippen LogP contribution is -2.14. The highest BCUT2D eigenvalue weighted by molar-refractivity contribution is 5.94. The Balaban J connectivity index is 2.84. The van der Waals surface area contributed by atoms with Gasteiger partial charge in [-0.2, -0.15) is 0 Å². The molecule has 5 heteroatoms. The van der Waals surface area contributed by atoms with Crippen molar-refractivity contribution in [1.29, 1.82) is 5.41 Å². The van der Waals surface area contributed by atoms with E-state index in [9.17, 15) is 4.79 Å². The van der Waals surface area contributed by atoms with Crippen molar-refractivity contribution in [3.8, 4) is 0 Å². The molecule has 0 aliphatic heterocycles. The van der Waals surface area contributed by atoms with E-state index in [1.807, 2.05) is 0 Å². The molecule has 0 aliphatic carbocycles. The van der Waals surface area contributed by atoms with E-state index < -0.39 is 6.09 Å². The van der Waals surface area contributed by atoms with Crippen LogP contribution in [0.2, 0.25) is 0 Å². The van der Waals surface area contributed by atoms with Gasteiger partial charge in [-0.15, -0.1) is 0 Å². The van der Waals surface area contributed by atoms with Gasteiger partial charge in [-0.3, -0.25) is 5.32 Å². The van der Waals surface area contributed by atoms with Crippen LogP contribution in [0.4, 0.5) is 16.2 Å². The van der Waals surface area contributed by atoms with Gasteiger partial charge in [-0.1, -0.05) is 0 Å². The monoisotopic (exact) mass is 207 g/mol. The SMILES string of the molecule is CCOC(=O)Nc1ccc(N)cc1C=N. The average Bonchev–Trinajstić information content (AvgIpc) is 2.21. The number of benzene rings is 1. The van der Waals surface area contributed by atoms with Crippen molar-refractivity contribution in [3.05, 3.63) is 23.8 Å². The fourth-order valence-corrected chi connectivity index (χ4v) is 1.09. The molecule has 1 aromatic rings. The first kappa shape index (κ1) is 11.0. The maximum Gasteiger partial charge on any atom is 0.411 e. The zero-order chi connectivity index (χ0) is 11.3. The van der Waals surface area contributed by atoms with Crippen molar-refractivity contribution >= 4 is 23.7 Å². The molecule has 0 aromatic heterocycles. The first-order valence-corrected chi connectivity index (χ1v) is 4.51. The molecule has 5 nitrogen and oxygen atoms in total. The summed E-state index contributed by atoms with van der Waals surface area (Å²) in [7, 11) is 0. The molecular weight excluding hydrogens is 194 g/mol. The maximum atomic E-state index is 11.1. The largest absolute Gasteiger partial charge is 0.450 e. The number of hydrogen-bond acceptors (Lipinski definition) is 4. The standard InChI is InChI=1S/C10H13N3O2/c1-2-15-10(14)13-9-4-3-8(12)5-7(9)6-11/h3-6,11H,2,12H2,1H3,(H,13,14). The fourth-order valence-electron chi connectivity index (χ4n) is 1.09. The number of carbonyl (C=O) groups excluding carboxylic acids is 1. The van der Waals surface area contributed by atoms with Crippen LogP contribution >= 0.6 is 0 Å². The number of nitrogen functional groups attached to an aromatic ring is 1. The van der Waals surface area contributed by atoms with Crippen LogP contribution in [-0.4, -0.2) is 18.9 Å². The number of ether oxygens (including phenoxy) is 1. The zero-order valence-electron chi connectivity index (χ0n) is 8.41. The van der Waals surface area contributed by atoms with E-state index in [0.717, 1.165) is 6.21 Å². The molecule has 0 unspecified atom stereocenters. The minimum Gasteiger partial charge on any atom is -0.450 e. The predicted octanol–water partition coefficient (Wildman–Crippen LogP) is 1.83. The van der Waals surface area contributed by atoms with Gasteiger partial charge in [0.25, 0.3) is 0 Å². The third kappa shape index (κ3) is 2.98. The quantitative estimate of drug-likeness (QED) is 0.522. The highest BCUT2D eigenvalue weighted by Gasteiger charge is 2.05. The van der Waals surface area contributed by atoms with E-state index in [0.29, 0.717) is 23.5 Å². The van der Waals surface area contributed by atoms with E-state index in [4.69, 9.17) is 15.9 Å². The summed E-state index contributed by atoms with van der Waals surface area (Å²) in [5.41, 5.74) is 7.15. The zero-order valence-corrected chi connectivity index (χ0v) is 8.41. The van der Waals surface area contributed by atoms with Gasteiger partial charge in [0.05, 0.1) is 12.3 Å². The molecule has 15 heavy (non-hydrogen) atoms. The number of hydrogen-bond donors (Lipinski definition) is 3. The summed E-state index contributed by atoms with van der Waals surface area (Å²) in [5.74, 6) is 0. The lowest BCUT2D eigenvalue weighted by atomic mass is 10.1. The van der Waals surface area contributed by atoms with Crippen molar-refractivity contribution in [1.82, 2.24) is 0 Å². The summed E-state index contributed by atoms with van der Waals surface area (Å²) in [4.78, 5) is 11.1. The highest BCUT2D eigenvalue weighted by atomic mass is 16.5. The Labute approximate surface area is 87.7 Å². The number of anilines is 2. The fraction of sp³-hybridized carbons (Fsp3) is 0.200. The maximum absolute atomic E-state index is 11.1. The second-order valence-corrected chi connectivity index (χ2v) is 2.84. The van der Waals surface area contributed by atoms with Gasteiger partial charge in [0, 0.05) is 17.5 Å². The van der Waals surface area contributed by atoms with Gasteiger partial charge >= 0.3 is 6.09 Å². The normalized spacial score (nSPS) is 9.40. The lowest BCUT2D eigenvalue weighted by molar-refractivity contribution is 0.168. The number of nitrogens with two attached hydrogens (primary N) is 1. The summed E-state index contributed by atoms with van der Waals surface area (Å²) in [6.07, 6.45) is 0.586. The molecule has 1 aromatic carbocycles. The van der Waals surface area contributed by atoms with Gasteiger partial charge in [0.2, 0.25) is 0 Å². The Morgan fingerprint density at radius 3 is 3.00 bits per heavy atom. The van der Waals surface area contributed by atoms with Crippen LogP contribution in [0.25, 0.3) is 0 Å². The smallest absolute Gasteiger partial charge is 0.411 e. The van der Waals surface area contributed by atoms with Crippen molar-refractivity contribution in [2.75, 3.05) is 17.7 Å². The predicted molar refractivity (Wildman–Crippen MR) is 59.4 cm³/mol. The number of amides is 1. The number of rotatable bonds is 3. The third-order valence-electron chi connectivity index (χ3n) is 1.74. The molecule has 80 valence electrons. The second-order valence-electron chi connectivity index (χ2n) is 2.84. The van der Waals surface area contributed by atoms with E-state index in [1.54, 1.807) is 25.1 Å². The molecule has 4 N–H and O–H groups in total. The lowest BCUT2D eigenvalue weighted by Gasteiger charge is -2.08. The van der Waals surface area contributed by atoms with Crippen LogP contribution in [0, 0.1) is 5.41 Å². The molecule has 0 radical (unpaired) electrons. The minimum absolute atomic E-state index is 0.306. The van der Waals surface area contributed by atoms with Crippen LogP contribution in [0.1, 0.15) is 12.5 Å². The molecule has 0 aliphatic rings. The average molecular weight is 207 g/mol. The first-order chi connectivity index (χ1) is 7.17. The van der Waals surface area contributed by atoms with E-state index in [-0.39, 0.29) is 0 Å². The van der Waals surface area contributed by atoms with Gasteiger partial charge in [0.1, 0.15) is 0 Å². The van der Waals surface area contributed by atoms with E-state index in [2.05, 4.69) is 5.32 Å². The Morgan fingerprint density at radius 2 is 2.40 bits per heavy atom. The van der Waals surface area contributed by atoms with Crippen LogP contribution in [0.3, 0.4) is 0 Å². The minimum atomic E-state index is -0.537.